The van der Waals surface area contributed by atoms with Crippen LogP contribution in [0.2, 0.25) is 0 Å². The van der Waals surface area contributed by atoms with Gasteiger partial charge >= 0.3 is 0 Å². The molecule has 4 heteroatoms. The molecule has 0 spiro atoms. The summed E-state index contributed by atoms with van der Waals surface area (Å²) in [4.78, 5) is 0. The molecule has 0 fully saturated rings. The minimum absolute atomic E-state index is 0.626. The smallest absolute Gasteiger partial charge is 0.0991 e. The number of aryl methyl sites for hydroxylation is 4. The van der Waals surface area contributed by atoms with E-state index in [9.17, 15) is 21.0 Å². The largest absolute Gasteiger partial charge is 0.192 e. The van der Waals surface area contributed by atoms with Gasteiger partial charge in [0.1, 0.15) is 0 Å². The standard InChI is InChI=1S/C70H40N4/c1-37-25-41(33-71)11-15-45(37)49-19-22-56-63-31-65-59(47-17-13-43(35-73)27-39(47)3)29-60-51(61(65)30-62(63)54-9-5-7-52(49)67(54)56)20-23-57-64(60)32-66-55-10-6-8-53-50(46-16-12-42(34-72)26-38(46)2)21-24-58(68(53)55)70(66)69(57)48-18-14-44(36-74)28-40(48)4/h5-32H,1-4H3. The lowest BCUT2D eigenvalue weighted by Crippen LogP contribution is -1.94. The summed E-state index contributed by atoms with van der Waals surface area (Å²) in [6.07, 6.45) is 0. The lowest BCUT2D eigenvalue weighted by molar-refractivity contribution is 1.42. The van der Waals surface area contributed by atoms with Crippen molar-refractivity contribution in [2.45, 2.75) is 27.7 Å². The Labute approximate surface area is 428 Å². The van der Waals surface area contributed by atoms with Gasteiger partial charge in [0, 0.05) is 0 Å². The van der Waals surface area contributed by atoms with E-state index in [1.54, 1.807) is 0 Å². The van der Waals surface area contributed by atoms with Crippen LogP contribution < -0.4 is 0 Å². The molecule has 2 aliphatic rings. The van der Waals surface area contributed by atoms with Gasteiger partial charge in [-0.05, 0) is 266 Å². The van der Waals surface area contributed by atoms with E-state index in [2.05, 4.69) is 173 Å². The van der Waals surface area contributed by atoms with E-state index in [4.69, 9.17) is 0 Å². The lowest BCUT2D eigenvalue weighted by atomic mass is 9.82. The number of nitriles is 4. The van der Waals surface area contributed by atoms with Gasteiger partial charge in [-0.1, -0.05) is 97.1 Å². The van der Waals surface area contributed by atoms with Crippen molar-refractivity contribution >= 4 is 53.9 Å². The third-order valence-electron chi connectivity index (χ3n) is 16.2. The normalized spacial score (nSPS) is 11.7. The molecule has 340 valence electrons. The molecule has 12 aromatic rings. The fraction of sp³-hybridized carbons (Fsp3) is 0.0571. The van der Waals surface area contributed by atoms with E-state index in [1.165, 1.54) is 60.7 Å². The van der Waals surface area contributed by atoms with Crippen LogP contribution in [0.3, 0.4) is 0 Å². The zero-order valence-corrected chi connectivity index (χ0v) is 41.0. The monoisotopic (exact) mass is 936 g/mol. The molecule has 2 aliphatic carbocycles. The van der Waals surface area contributed by atoms with Gasteiger partial charge in [0.2, 0.25) is 0 Å². The molecular formula is C70H40N4. The summed E-state index contributed by atoms with van der Waals surface area (Å²) in [6.45, 7) is 8.39. The van der Waals surface area contributed by atoms with Crippen LogP contribution in [0.5, 0.6) is 0 Å². The Bertz CT molecular complexity index is 4810. The molecule has 0 aliphatic heterocycles. The molecule has 14 rings (SSSR count). The van der Waals surface area contributed by atoms with Crippen LogP contribution in [0.15, 0.2) is 170 Å². The van der Waals surface area contributed by atoms with Crippen molar-refractivity contribution in [2.24, 2.45) is 0 Å². The number of benzene rings is 12. The third-order valence-corrected chi connectivity index (χ3v) is 16.2. The highest BCUT2D eigenvalue weighted by Crippen LogP contribution is 2.57. The summed E-state index contributed by atoms with van der Waals surface area (Å²) < 4.78 is 0. The zero-order chi connectivity index (χ0) is 50.3. The van der Waals surface area contributed by atoms with Gasteiger partial charge in [-0.3, -0.25) is 0 Å². The Morgan fingerprint density at radius 3 is 1.12 bits per heavy atom. The molecule has 0 aromatic heterocycles. The Hall–Kier alpha value is -10.1. The summed E-state index contributed by atoms with van der Waals surface area (Å²) in [7, 11) is 0. The molecule has 12 aromatic carbocycles. The van der Waals surface area contributed by atoms with Crippen molar-refractivity contribution in [3.63, 3.8) is 0 Å². The summed E-state index contributed by atoms with van der Waals surface area (Å²) in [5.41, 5.74) is 25.1. The predicted molar refractivity (Wildman–Crippen MR) is 302 cm³/mol. The number of rotatable bonds is 4. The van der Waals surface area contributed by atoms with Crippen molar-refractivity contribution in [3.05, 3.63) is 214 Å². The quantitative estimate of drug-likeness (QED) is 0.164. The van der Waals surface area contributed by atoms with Crippen LogP contribution in [-0.2, 0) is 0 Å². The molecule has 0 saturated carbocycles. The Kier molecular flexibility index (Phi) is 9.07. The fourth-order valence-electron chi connectivity index (χ4n) is 12.9. The van der Waals surface area contributed by atoms with Crippen molar-refractivity contribution < 1.29 is 0 Å². The second-order valence-corrected chi connectivity index (χ2v) is 20.1. The third kappa shape index (κ3) is 5.92. The SMILES string of the molecule is Cc1cc(C#N)ccc1-c1ccc2c3c(cccc13)-c1cc3c(cc1-2)c(-c1ccc(C#N)cc1C)cc1c2cc4c(c(-c5ccc(C#N)cc5C)c2ccc31)-c1ccc(-c2ccc(C#N)cc2C)c2cccc-4c12. The Morgan fingerprint density at radius 2 is 0.595 bits per heavy atom. The molecule has 74 heavy (non-hydrogen) atoms. The van der Waals surface area contributed by atoms with Crippen LogP contribution in [0, 0.1) is 73.0 Å². The van der Waals surface area contributed by atoms with Crippen LogP contribution >= 0.6 is 0 Å². The summed E-state index contributed by atoms with van der Waals surface area (Å²) in [5, 5.41) is 51.1. The van der Waals surface area contributed by atoms with Gasteiger partial charge in [0.05, 0.1) is 46.5 Å². The van der Waals surface area contributed by atoms with Gasteiger partial charge in [0.25, 0.3) is 0 Å². The van der Waals surface area contributed by atoms with Crippen molar-refractivity contribution in [3.8, 4) is 113 Å². The molecule has 0 unspecified atom stereocenters. The molecule has 0 N–H and O–H groups in total. The molecule has 0 bridgehead atoms. The molecule has 0 radical (unpaired) electrons. The van der Waals surface area contributed by atoms with E-state index < -0.39 is 0 Å². The van der Waals surface area contributed by atoms with Crippen LogP contribution in [0.1, 0.15) is 44.5 Å². The lowest BCUT2D eigenvalue weighted by Gasteiger charge is -2.20. The van der Waals surface area contributed by atoms with Crippen molar-refractivity contribution in [2.75, 3.05) is 0 Å². The van der Waals surface area contributed by atoms with E-state index >= 15 is 0 Å². The summed E-state index contributed by atoms with van der Waals surface area (Å²) in [6, 6.07) is 70.0. The van der Waals surface area contributed by atoms with Crippen LogP contribution in [0.4, 0.5) is 0 Å². The molecule has 0 saturated heterocycles. The highest BCUT2D eigenvalue weighted by Gasteiger charge is 2.31. The Balaban J connectivity index is 1.08. The second kappa shape index (κ2) is 15.7. The van der Waals surface area contributed by atoms with Gasteiger partial charge in [-0.25, -0.2) is 0 Å². The number of nitrogens with zero attached hydrogens (tertiary/aromatic N) is 4. The first-order valence-corrected chi connectivity index (χ1v) is 24.9. The maximum atomic E-state index is 10.1. The molecule has 4 nitrogen and oxygen atoms in total. The highest BCUT2D eigenvalue weighted by molar-refractivity contribution is 6.31. The first-order valence-electron chi connectivity index (χ1n) is 24.9. The van der Waals surface area contributed by atoms with E-state index in [-0.39, 0.29) is 0 Å². The number of fused-ring (bicyclic) bond motifs is 11. The molecule has 0 amide bonds. The topological polar surface area (TPSA) is 95.2 Å². The first-order chi connectivity index (χ1) is 36.2. The van der Waals surface area contributed by atoms with Crippen LogP contribution in [0.25, 0.3) is 143 Å². The molecular weight excluding hydrogens is 897 g/mol. The van der Waals surface area contributed by atoms with Gasteiger partial charge in [0.15, 0.2) is 0 Å². The van der Waals surface area contributed by atoms with E-state index in [0.717, 1.165) is 104 Å². The second-order valence-electron chi connectivity index (χ2n) is 20.1. The highest BCUT2D eigenvalue weighted by atomic mass is 14.3. The van der Waals surface area contributed by atoms with Gasteiger partial charge < -0.3 is 0 Å². The number of hydrogen-bond donors (Lipinski definition) is 0. The minimum Gasteiger partial charge on any atom is -0.192 e. The summed E-state index contributed by atoms with van der Waals surface area (Å²) >= 11 is 0. The van der Waals surface area contributed by atoms with Gasteiger partial charge in [-0.15, -0.1) is 0 Å². The zero-order valence-electron chi connectivity index (χ0n) is 41.0. The Morgan fingerprint density at radius 1 is 0.230 bits per heavy atom. The molecule has 0 atom stereocenters. The fourth-order valence-corrected chi connectivity index (χ4v) is 12.9. The van der Waals surface area contributed by atoms with E-state index in [1.807, 2.05) is 48.5 Å². The maximum absolute atomic E-state index is 10.1. The average molecular weight is 937 g/mol. The van der Waals surface area contributed by atoms with E-state index in [0.29, 0.717) is 22.3 Å². The first kappa shape index (κ1) is 42.8. The molecule has 0 heterocycles. The minimum atomic E-state index is 0.626. The van der Waals surface area contributed by atoms with Crippen molar-refractivity contribution in [1.29, 1.82) is 21.0 Å². The van der Waals surface area contributed by atoms with Gasteiger partial charge in [-0.2, -0.15) is 21.0 Å². The van der Waals surface area contributed by atoms with Crippen LogP contribution in [-0.4, -0.2) is 0 Å². The van der Waals surface area contributed by atoms with Crippen molar-refractivity contribution in [1.82, 2.24) is 0 Å². The number of hydrogen-bond acceptors (Lipinski definition) is 4. The predicted octanol–water partition coefficient (Wildman–Crippen LogP) is 18.1. The average Bonchev–Trinajstić information content (AvgIpc) is 3.92. The summed E-state index contributed by atoms with van der Waals surface area (Å²) in [5.74, 6) is 0. The maximum Gasteiger partial charge on any atom is 0.0991 e.